The fourth-order valence-electron chi connectivity index (χ4n) is 3.35. The van der Waals surface area contributed by atoms with Gasteiger partial charge in [0.2, 0.25) is 0 Å². The molecule has 0 radical (unpaired) electrons. The van der Waals surface area contributed by atoms with Gasteiger partial charge in [0.05, 0.1) is 6.04 Å². The van der Waals surface area contributed by atoms with Crippen molar-refractivity contribution in [3.05, 3.63) is 11.3 Å². The molecule has 2 aliphatic rings. The Morgan fingerprint density at radius 3 is 2.57 bits per heavy atom. The average molecular weight is 295 g/mol. The van der Waals surface area contributed by atoms with Gasteiger partial charge in [-0.1, -0.05) is 38.5 Å². The normalized spacial score (nSPS) is 23.5. The van der Waals surface area contributed by atoms with Crippen LogP contribution >= 0.6 is 0 Å². The molecule has 0 saturated heterocycles. The zero-order valence-corrected chi connectivity index (χ0v) is 12.4. The zero-order chi connectivity index (χ0) is 15.2. The minimum absolute atomic E-state index is 0.0999. The number of ketones is 1. The summed E-state index contributed by atoms with van der Waals surface area (Å²) in [6.07, 6.45) is 8.75. The molecule has 1 fully saturated rings. The Labute approximate surface area is 125 Å². The molecule has 0 aromatic heterocycles. The summed E-state index contributed by atoms with van der Waals surface area (Å²) in [4.78, 5) is 23.9. The lowest BCUT2D eigenvalue weighted by molar-refractivity contribution is -0.122. The van der Waals surface area contributed by atoms with Gasteiger partial charge < -0.3 is 15.5 Å². The molecule has 1 saturated carbocycles. The first kappa shape index (κ1) is 16.0. The SMILES string of the molecule is O=C(CCCC1CCCCC1)C1=C(O)[C@H](CCO)NC1=O. The molecule has 1 atom stereocenters. The zero-order valence-electron chi connectivity index (χ0n) is 12.4. The van der Waals surface area contributed by atoms with Crippen molar-refractivity contribution < 1.29 is 19.8 Å². The van der Waals surface area contributed by atoms with E-state index in [9.17, 15) is 14.7 Å². The molecule has 0 aromatic rings. The van der Waals surface area contributed by atoms with Crippen molar-refractivity contribution in [2.24, 2.45) is 5.92 Å². The number of aliphatic hydroxyl groups is 2. The highest BCUT2D eigenvalue weighted by molar-refractivity contribution is 6.21. The first-order chi connectivity index (χ1) is 10.1. The highest BCUT2D eigenvalue weighted by atomic mass is 16.3. The number of carbonyl (C=O) groups excluding carboxylic acids is 2. The number of carbonyl (C=O) groups is 2. The van der Waals surface area contributed by atoms with Crippen molar-refractivity contribution in [2.75, 3.05) is 6.61 Å². The summed E-state index contributed by atoms with van der Waals surface area (Å²) in [6.45, 7) is -0.141. The maximum absolute atomic E-state index is 12.1. The Kier molecular flexibility index (Phi) is 5.79. The third-order valence-corrected chi connectivity index (χ3v) is 4.56. The van der Waals surface area contributed by atoms with Crippen molar-refractivity contribution in [2.45, 2.75) is 63.8 Å². The van der Waals surface area contributed by atoms with Crippen LogP contribution in [0.1, 0.15) is 57.8 Å². The topological polar surface area (TPSA) is 86.6 Å². The van der Waals surface area contributed by atoms with Crippen LogP contribution in [0.25, 0.3) is 0 Å². The van der Waals surface area contributed by atoms with Crippen molar-refractivity contribution >= 4 is 11.7 Å². The second kappa shape index (κ2) is 7.59. The molecule has 0 spiro atoms. The summed E-state index contributed by atoms with van der Waals surface area (Å²) in [7, 11) is 0. The number of rotatable bonds is 7. The maximum Gasteiger partial charge on any atom is 0.259 e. The summed E-state index contributed by atoms with van der Waals surface area (Å²) >= 11 is 0. The van der Waals surface area contributed by atoms with Gasteiger partial charge in [-0.3, -0.25) is 9.59 Å². The van der Waals surface area contributed by atoms with E-state index < -0.39 is 11.9 Å². The molecule has 2 rings (SSSR count). The lowest BCUT2D eigenvalue weighted by Crippen LogP contribution is -2.30. The summed E-state index contributed by atoms with van der Waals surface area (Å²) in [6, 6.07) is -0.611. The number of hydrogen-bond donors (Lipinski definition) is 3. The Morgan fingerprint density at radius 1 is 1.19 bits per heavy atom. The standard InChI is InChI=1S/C16H25NO4/c18-10-9-12-15(20)14(16(21)17-12)13(19)8-4-7-11-5-2-1-3-6-11/h11-12,18,20H,1-10H2,(H,17,21)/t12-/m0/s1. The van der Waals surface area contributed by atoms with E-state index in [1.54, 1.807) is 0 Å². The van der Waals surface area contributed by atoms with Crippen LogP contribution in [0.15, 0.2) is 11.3 Å². The van der Waals surface area contributed by atoms with Crippen molar-refractivity contribution in [1.82, 2.24) is 5.32 Å². The summed E-state index contributed by atoms with van der Waals surface area (Å²) < 4.78 is 0. The molecular weight excluding hydrogens is 270 g/mol. The fraction of sp³-hybridized carbons (Fsp3) is 0.750. The van der Waals surface area contributed by atoms with Gasteiger partial charge in [-0.05, 0) is 18.8 Å². The molecule has 118 valence electrons. The van der Waals surface area contributed by atoms with E-state index in [-0.39, 0.29) is 30.1 Å². The second-order valence-corrected chi connectivity index (χ2v) is 6.12. The largest absolute Gasteiger partial charge is 0.509 e. The van der Waals surface area contributed by atoms with Crippen LogP contribution in [-0.2, 0) is 9.59 Å². The van der Waals surface area contributed by atoms with Gasteiger partial charge in [0.25, 0.3) is 5.91 Å². The first-order valence-electron chi connectivity index (χ1n) is 8.01. The van der Waals surface area contributed by atoms with Crippen LogP contribution < -0.4 is 5.32 Å². The minimum atomic E-state index is -0.611. The van der Waals surface area contributed by atoms with E-state index in [0.717, 1.165) is 12.8 Å². The van der Waals surface area contributed by atoms with Gasteiger partial charge >= 0.3 is 0 Å². The number of amides is 1. The monoisotopic (exact) mass is 295 g/mol. The van der Waals surface area contributed by atoms with E-state index in [0.29, 0.717) is 12.3 Å². The van der Waals surface area contributed by atoms with Gasteiger partial charge in [-0.2, -0.15) is 0 Å². The predicted octanol–water partition coefficient (Wildman–Crippen LogP) is 2.00. The molecule has 0 aromatic carbocycles. The van der Waals surface area contributed by atoms with Gasteiger partial charge in [-0.25, -0.2) is 0 Å². The molecule has 1 aliphatic heterocycles. The maximum atomic E-state index is 12.1. The fourth-order valence-corrected chi connectivity index (χ4v) is 3.35. The third-order valence-electron chi connectivity index (χ3n) is 4.56. The molecule has 1 aliphatic carbocycles. The Morgan fingerprint density at radius 2 is 1.90 bits per heavy atom. The molecular formula is C16H25NO4. The Bertz CT molecular complexity index is 424. The molecule has 5 heteroatoms. The van der Waals surface area contributed by atoms with E-state index >= 15 is 0 Å². The molecule has 0 bridgehead atoms. The van der Waals surface area contributed by atoms with Gasteiger partial charge in [0.1, 0.15) is 11.3 Å². The van der Waals surface area contributed by atoms with E-state index in [2.05, 4.69) is 5.32 Å². The molecule has 21 heavy (non-hydrogen) atoms. The Hall–Kier alpha value is -1.36. The van der Waals surface area contributed by atoms with Crippen LogP contribution in [0, 0.1) is 5.92 Å². The van der Waals surface area contributed by atoms with Crippen LogP contribution in [0.3, 0.4) is 0 Å². The highest BCUT2D eigenvalue weighted by Gasteiger charge is 2.34. The summed E-state index contributed by atoms with van der Waals surface area (Å²) in [5.74, 6) is -0.264. The highest BCUT2D eigenvalue weighted by Crippen LogP contribution is 2.28. The van der Waals surface area contributed by atoms with Crippen LogP contribution in [-0.4, -0.2) is 34.6 Å². The lowest BCUT2D eigenvalue weighted by atomic mass is 9.85. The second-order valence-electron chi connectivity index (χ2n) is 6.12. The molecule has 1 heterocycles. The van der Waals surface area contributed by atoms with Crippen molar-refractivity contribution in [3.63, 3.8) is 0 Å². The summed E-state index contributed by atoms with van der Waals surface area (Å²) in [5.41, 5.74) is -0.0999. The molecule has 3 N–H and O–H groups in total. The molecule has 5 nitrogen and oxygen atoms in total. The van der Waals surface area contributed by atoms with Crippen LogP contribution in [0.5, 0.6) is 0 Å². The Balaban J connectivity index is 1.83. The third kappa shape index (κ3) is 4.06. The van der Waals surface area contributed by atoms with E-state index in [4.69, 9.17) is 5.11 Å². The number of Topliss-reactive ketones (excluding diaryl/α,β-unsaturated/α-hetero) is 1. The van der Waals surface area contributed by atoms with Gasteiger partial charge in [-0.15, -0.1) is 0 Å². The van der Waals surface area contributed by atoms with Crippen LogP contribution in [0.2, 0.25) is 0 Å². The quantitative estimate of drug-likeness (QED) is 0.627. The number of hydrogen-bond acceptors (Lipinski definition) is 4. The summed E-state index contributed by atoms with van der Waals surface area (Å²) in [5, 5.41) is 21.3. The lowest BCUT2D eigenvalue weighted by Gasteiger charge is -2.21. The number of nitrogens with one attached hydrogen (secondary N) is 1. The van der Waals surface area contributed by atoms with Crippen LogP contribution in [0.4, 0.5) is 0 Å². The first-order valence-corrected chi connectivity index (χ1v) is 8.01. The van der Waals surface area contributed by atoms with Gasteiger partial charge in [0.15, 0.2) is 5.78 Å². The predicted molar refractivity (Wildman–Crippen MR) is 78.7 cm³/mol. The van der Waals surface area contributed by atoms with Gasteiger partial charge in [0, 0.05) is 13.0 Å². The van der Waals surface area contributed by atoms with E-state index in [1.807, 2.05) is 0 Å². The molecule has 1 amide bonds. The van der Waals surface area contributed by atoms with Crippen molar-refractivity contribution in [1.29, 1.82) is 0 Å². The molecule has 0 unspecified atom stereocenters. The van der Waals surface area contributed by atoms with E-state index in [1.165, 1.54) is 32.1 Å². The van der Waals surface area contributed by atoms with Crippen molar-refractivity contribution in [3.8, 4) is 0 Å². The minimum Gasteiger partial charge on any atom is -0.509 e. The smallest absolute Gasteiger partial charge is 0.259 e. The number of aliphatic hydroxyl groups excluding tert-OH is 2. The average Bonchev–Trinajstić information content (AvgIpc) is 2.75.